The topological polar surface area (TPSA) is 104 Å². The maximum atomic E-state index is 14.8. The van der Waals surface area contributed by atoms with Gasteiger partial charge in [0.05, 0.1) is 5.56 Å². The number of pyridine rings is 1. The molecule has 2 amide bonds. The zero-order chi connectivity index (χ0) is 24.1. The fourth-order valence-corrected chi connectivity index (χ4v) is 4.50. The third kappa shape index (κ3) is 5.72. The smallest absolute Gasteiger partial charge is 0.252 e. The molecule has 180 valence electrons. The second kappa shape index (κ2) is 10.6. The second-order valence-electron chi connectivity index (χ2n) is 8.82. The molecule has 34 heavy (non-hydrogen) atoms. The molecule has 0 spiro atoms. The molecule has 2 saturated heterocycles. The van der Waals surface area contributed by atoms with Gasteiger partial charge in [-0.2, -0.15) is 0 Å². The zero-order valence-corrected chi connectivity index (χ0v) is 19.2. The number of likely N-dealkylation sites (tertiary alicyclic amines) is 1. The summed E-state index contributed by atoms with van der Waals surface area (Å²) in [4.78, 5) is 32.3. The SMILES string of the molecule is C=CC(=O)N[C@H]1CCN(c2nc(Nc3ccc(CCN4CCCC4)cc3)c(F)cc2C(N)=O)C1. The lowest BCUT2D eigenvalue weighted by Crippen LogP contribution is -2.36. The van der Waals surface area contributed by atoms with Crippen LogP contribution in [0.25, 0.3) is 0 Å². The van der Waals surface area contributed by atoms with E-state index in [2.05, 4.69) is 27.1 Å². The molecule has 4 N–H and O–H groups in total. The molecule has 1 aromatic carbocycles. The Hall–Kier alpha value is -3.46. The van der Waals surface area contributed by atoms with E-state index in [4.69, 9.17) is 5.73 Å². The van der Waals surface area contributed by atoms with Crippen LogP contribution >= 0.6 is 0 Å². The second-order valence-corrected chi connectivity index (χ2v) is 8.82. The van der Waals surface area contributed by atoms with Crippen LogP contribution in [0.15, 0.2) is 43.0 Å². The zero-order valence-electron chi connectivity index (χ0n) is 19.2. The molecule has 2 aliphatic rings. The number of rotatable bonds is 9. The number of halogens is 1. The van der Waals surface area contributed by atoms with E-state index in [1.807, 2.05) is 29.2 Å². The first-order chi connectivity index (χ1) is 16.4. The predicted octanol–water partition coefficient (Wildman–Crippen LogP) is 2.58. The highest BCUT2D eigenvalue weighted by molar-refractivity contribution is 5.98. The van der Waals surface area contributed by atoms with Gasteiger partial charge < -0.3 is 26.2 Å². The van der Waals surface area contributed by atoms with Gasteiger partial charge in [-0.15, -0.1) is 0 Å². The van der Waals surface area contributed by atoms with Gasteiger partial charge in [-0.1, -0.05) is 18.7 Å². The number of anilines is 3. The van der Waals surface area contributed by atoms with Crippen LogP contribution in [0.5, 0.6) is 0 Å². The lowest BCUT2D eigenvalue weighted by Gasteiger charge is -2.21. The van der Waals surface area contributed by atoms with E-state index in [1.54, 1.807) is 0 Å². The number of nitrogens with zero attached hydrogens (tertiary/aromatic N) is 3. The number of carbonyl (C=O) groups is 2. The number of amides is 2. The number of primary amides is 1. The predicted molar refractivity (Wildman–Crippen MR) is 131 cm³/mol. The molecule has 8 nitrogen and oxygen atoms in total. The van der Waals surface area contributed by atoms with E-state index in [-0.39, 0.29) is 23.3 Å². The van der Waals surface area contributed by atoms with E-state index in [9.17, 15) is 14.0 Å². The highest BCUT2D eigenvalue weighted by Gasteiger charge is 2.28. The lowest BCUT2D eigenvalue weighted by molar-refractivity contribution is -0.117. The molecule has 4 rings (SSSR count). The molecular formula is C25H31FN6O2. The molecule has 0 bridgehead atoms. The molecule has 0 aliphatic carbocycles. The Balaban J connectivity index is 1.47. The van der Waals surface area contributed by atoms with Crippen molar-refractivity contribution in [2.75, 3.05) is 42.9 Å². The van der Waals surface area contributed by atoms with Crippen molar-refractivity contribution < 1.29 is 14.0 Å². The minimum absolute atomic E-state index is 0.0102. The summed E-state index contributed by atoms with van der Waals surface area (Å²) in [5.41, 5.74) is 7.44. The summed E-state index contributed by atoms with van der Waals surface area (Å²) in [5.74, 6) is -1.36. The Morgan fingerprint density at radius 1 is 1.21 bits per heavy atom. The highest BCUT2D eigenvalue weighted by Crippen LogP contribution is 2.28. The maximum Gasteiger partial charge on any atom is 0.252 e. The Kier molecular flexibility index (Phi) is 7.42. The van der Waals surface area contributed by atoms with Crippen molar-refractivity contribution in [2.45, 2.75) is 31.7 Å². The molecule has 0 unspecified atom stereocenters. The van der Waals surface area contributed by atoms with Crippen molar-refractivity contribution in [1.82, 2.24) is 15.2 Å². The van der Waals surface area contributed by atoms with E-state index < -0.39 is 11.7 Å². The van der Waals surface area contributed by atoms with Crippen molar-refractivity contribution in [2.24, 2.45) is 5.73 Å². The van der Waals surface area contributed by atoms with Crippen LogP contribution in [0.1, 0.15) is 35.2 Å². The first-order valence-electron chi connectivity index (χ1n) is 11.7. The van der Waals surface area contributed by atoms with Crippen LogP contribution in [0.4, 0.5) is 21.7 Å². The molecule has 1 atom stereocenters. The van der Waals surface area contributed by atoms with Gasteiger partial charge in [0.15, 0.2) is 11.6 Å². The van der Waals surface area contributed by atoms with E-state index in [0.29, 0.717) is 31.0 Å². The van der Waals surface area contributed by atoms with Crippen molar-refractivity contribution in [3.8, 4) is 0 Å². The Morgan fingerprint density at radius 2 is 1.94 bits per heavy atom. The van der Waals surface area contributed by atoms with Gasteiger partial charge in [0.2, 0.25) is 5.91 Å². The maximum absolute atomic E-state index is 14.8. The Bertz CT molecular complexity index is 1050. The van der Waals surface area contributed by atoms with Gasteiger partial charge in [-0.25, -0.2) is 9.37 Å². The number of benzene rings is 1. The minimum atomic E-state index is -0.756. The summed E-state index contributed by atoms with van der Waals surface area (Å²) in [5, 5.41) is 5.86. The third-order valence-corrected chi connectivity index (χ3v) is 6.37. The highest BCUT2D eigenvalue weighted by atomic mass is 19.1. The quantitative estimate of drug-likeness (QED) is 0.491. The molecule has 9 heteroatoms. The van der Waals surface area contributed by atoms with Gasteiger partial charge >= 0.3 is 0 Å². The number of hydrogen-bond acceptors (Lipinski definition) is 6. The summed E-state index contributed by atoms with van der Waals surface area (Å²) in [6.45, 7) is 7.84. The molecule has 2 aromatic rings. The van der Waals surface area contributed by atoms with E-state index in [1.165, 1.54) is 37.6 Å². The van der Waals surface area contributed by atoms with Crippen LogP contribution in [0, 0.1) is 5.82 Å². The number of carbonyl (C=O) groups excluding carboxylic acids is 2. The first kappa shape index (κ1) is 23.7. The van der Waals surface area contributed by atoms with Gasteiger partial charge in [0.1, 0.15) is 5.82 Å². The Morgan fingerprint density at radius 3 is 2.62 bits per heavy atom. The largest absolute Gasteiger partial charge is 0.365 e. The van der Waals surface area contributed by atoms with Crippen molar-refractivity contribution in [3.05, 3.63) is 59.9 Å². The fraction of sp³-hybridized carbons (Fsp3) is 0.400. The summed E-state index contributed by atoms with van der Waals surface area (Å²) < 4.78 is 14.8. The molecule has 1 aromatic heterocycles. The summed E-state index contributed by atoms with van der Waals surface area (Å²) >= 11 is 0. The standard InChI is InChI=1S/C25H31FN6O2/c1-2-22(33)28-19-10-14-32(16-19)25-20(23(27)34)15-21(26)24(30-25)29-18-7-5-17(6-8-18)9-13-31-11-3-4-12-31/h2,5-8,15,19H,1,3-4,9-14,16H2,(H2,27,34)(H,28,33)(H,29,30)/t19-/m0/s1. The van der Waals surface area contributed by atoms with Crippen LogP contribution in [-0.2, 0) is 11.2 Å². The van der Waals surface area contributed by atoms with Gasteiger partial charge in [-0.3, -0.25) is 9.59 Å². The average Bonchev–Trinajstić information content (AvgIpc) is 3.52. The molecular weight excluding hydrogens is 435 g/mol. The number of hydrogen-bond donors (Lipinski definition) is 3. The van der Waals surface area contributed by atoms with Crippen LogP contribution in [-0.4, -0.2) is 60.5 Å². The minimum Gasteiger partial charge on any atom is -0.365 e. The average molecular weight is 467 g/mol. The van der Waals surface area contributed by atoms with Gasteiger partial charge in [0, 0.05) is 31.4 Å². The fourth-order valence-electron chi connectivity index (χ4n) is 4.50. The van der Waals surface area contributed by atoms with Crippen LogP contribution in [0.2, 0.25) is 0 Å². The first-order valence-corrected chi connectivity index (χ1v) is 11.7. The monoisotopic (exact) mass is 466 g/mol. The van der Waals surface area contributed by atoms with Gasteiger partial charge in [-0.05, 0) is 68.6 Å². The Labute approximate surface area is 199 Å². The lowest BCUT2D eigenvalue weighted by atomic mass is 10.1. The third-order valence-electron chi connectivity index (χ3n) is 6.37. The van der Waals surface area contributed by atoms with Gasteiger partial charge in [0.25, 0.3) is 5.91 Å². The molecule has 2 aliphatic heterocycles. The molecule has 3 heterocycles. The summed E-state index contributed by atoms with van der Waals surface area (Å²) in [6, 6.07) is 8.86. The van der Waals surface area contributed by atoms with E-state index in [0.717, 1.165) is 19.0 Å². The molecule has 0 radical (unpaired) electrons. The number of nitrogens with one attached hydrogen (secondary N) is 2. The van der Waals surface area contributed by atoms with Crippen molar-refractivity contribution in [1.29, 1.82) is 0 Å². The van der Waals surface area contributed by atoms with Crippen LogP contribution in [0.3, 0.4) is 0 Å². The summed E-state index contributed by atoms with van der Waals surface area (Å²) in [7, 11) is 0. The van der Waals surface area contributed by atoms with Crippen molar-refractivity contribution in [3.63, 3.8) is 0 Å². The van der Waals surface area contributed by atoms with E-state index >= 15 is 0 Å². The normalized spacial score (nSPS) is 18.1. The van der Waals surface area contributed by atoms with Crippen LogP contribution < -0.4 is 21.3 Å². The summed E-state index contributed by atoms with van der Waals surface area (Å²) in [6.07, 6.45) is 5.41. The molecule has 2 fully saturated rings. The van der Waals surface area contributed by atoms with Crippen molar-refractivity contribution >= 4 is 29.1 Å². The molecule has 0 saturated carbocycles. The number of aromatic nitrogens is 1. The number of nitrogens with two attached hydrogens (primary N) is 1.